The van der Waals surface area contributed by atoms with Crippen LogP contribution in [0.5, 0.6) is 0 Å². The molecule has 6 nitrogen and oxygen atoms in total. The van der Waals surface area contributed by atoms with E-state index in [0.29, 0.717) is 11.7 Å². The summed E-state index contributed by atoms with van der Waals surface area (Å²) in [6.45, 7) is 6.73. The molecule has 4 rings (SSSR count). The normalized spacial score (nSPS) is 13.6. The van der Waals surface area contributed by atoms with E-state index in [1.807, 2.05) is 79.4 Å². The zero-order chi connectivity index (χ0) is 22.6. The second kappa shape index (κ2) is 9.65. The molecule has 0 saturated carbocycles. The number of rotatable bonds is 9. The Balaban J connectivity index is 1.42. The van der Waals surface area contributed by atoms with Gasteiger partial charge in [-0.05, 0) is 56.2 Å². The average Bonchev–Trinajstić information content (AvgIpc) is 3.45. The van der Waals surface area contributed by atoms with Gasteiger partial charge in [-0.3, -0.25) is 4.98 Å². The average molecular weight is 449 g/mol. The van der Waals surface area contributed by atoms with E-state index in [9.17, 15) is 5.11 Å². The van der Waals surface area contributed by atoms with E-state index < -0.39 is 11.8 Å². The van der Waals surface area contributed by atoms with Crippen molar-refractivity contribution in [1.82, 2.24) is 14.5 Å². The summed E-state index contributed by atoms with van der Waals surface area (Å²) in [4.78, 5) is 8.75. The lowest BCUT2D eigenvalue weighted by Crippen LogP contribution is -2.24. The molecule has 3 heterocycles. The molecule has 1 unspecified atom stereocenters. The molecule has 0 aliphatic heterocycles. The molecule has 0 radical (unpaired) electrons. The number of nitrogens with zero attached hydrogens (tertiary/aromatic N) is 3. The Morgan fingerprint density at radius 3 is 2.59 bits per heavy atom. The highest BCUT2D eigenvalue weighted by Gasteiger charge is 2.28. The summed E-state index contributed by atoms with van der Waals surface area (Å²) < 4.78 is 8.34. The molecule has 0 bridgehead atoms. The minimum absolute atomic E-state index is 0.0636. The van der Waals surface area contributed by atoms with Crippen LogP contribution in [0.25, 0.3) is 0 Å². The number of ether oxygens (including phenoxy) is 1. The van der Waals surface area contributed by atoms with Gasteiger partial charge in [-0.25, -0.2) is 4.98 Å². The van der Waals surface area contributed by atoms with Crippen molar-refractivity contribution < 1.29 is 9.84 Å². The molecule has 0 spiro atoms. The number of thiazole rings is 1. The number of benzene rings is 1. The van der Waals surface area contributed by atoms with Gasteiger partial charge in [-0.2, -0.15) is 0 Å². The monoisotopic (exact) mass is 448 g/mol. The molecular weight excluding hydrogens is 420 g/mol. The summed E-state index contributed by atoms with van der Waals surface area (Å²) in [6.07, 6.45) is 4.56. The molecule has 1 aromatic carbocycles. The summed E-state index contributed by atoms with van der Waals surface area (Å²) in [5, 5.41) is 16.6. The zero-order valence-corrected chi connectivity index (χ0v) is 19.3. The number of anilines is 1. The molecule has 0 amide bonds. The van der Waals surface area contributed by atoms with Gasteiger partial charge in [0.05, 0.1) is 17.5 Å². The van der Waals surface area contributed by atoms with Crippen LogP contribution < -0.4 is 5.32 Å². The van der Waals surface area contributed by atoms with Crippen molar-refractivity contribution in [2.75, 3.05) is 5.32 Å². The first kappa shape index (κ1) is 22.2. The summed E-state index contributed by atoms with van der Waals surface area (Å²) in [6, 6.07) is 17.9. The van der Waals surface area contributed by atoms with Gasteiger partial charge < -0.3 is 19.7 Å². The highest BCUT2D eigenvalue weighted by molar-refractivity contribution is 7.13. The van der Waals surface area contributed by atoms with Crippen LogP contribution in [0.1, 0.15) is 55.6 Å². The third-order valence-corrected chi connectivity index (χ3v) is 6.14. The van der Waals surface area contributed by atoms with Crippen LogP contribution in [0.2, 0.25) is 0 Å². The van der Waals surface area contributed by atoms with Crippen LogP contribution in [0.4, 0.5) is 5.13 Å². The van der Waals surface area contributed by atoms with Crippen LogP contribution in [-0.2, 0) is 16.9 Å². The summed E-state index contributed by atoms with van der Waals surface area (Å²) in [5.74, 6) is 0. The molecule has 3 aromatic heterocycles. The predicted molar refractivity (Wildman–Crippen MR) is 127 cm³/mol. The van der Waals surface area contributed by atoms with Gasteiger partial charge in [-0.15, -0.1) is 11.3 Å². The van der Waals surface area contributed by atoms with Crippen LogP contribution in [0.15, 0.2) is 78.6 Å². The number of hydrogen-bond acceptors (Lipinski definition) is 6. The molecule has 0 aliphatic rings. The maximum Gasteiger partial charge on any atom is 0.185 e. The standard InChI is InChI=1S/C25H28N4O2S/c1-18(20-8-5-4-6-9-20)31-25(2,3)22-17-32-24(27-22)28-23(30)21-10-7-15-29(21)16-19-11-13-26-14-12-19/h4-15,17-18,23,30H,16H2,1-3H3,(H,27,28)/t18?,23-/m1/s1. The third kappa shape index (κ3) is 5.24. The fourth-order valence-electron chi connectivity index (χ4n) is 3.61. The first-order valence-corrected chi connectivity index (χ1v) is 11.5. The zero-order valence-electron chi connectivity index (χ0n) is 18.5. The van der Waals surface area contributed by atoms with E-state index in [2.05, 4.69) is 22.4 Å². The second-order valence-electron chi connectivity index (χ2n) is 8.18. The fraction of sp³-hybridized carbons (Fsp3) is 0.280. The molecule has 166 valence electrons. The van der Waals surface area contributed by atoms with Crippen molar-refractivity contribution in [3.05, 3.63) is 101 Å². The number of pyridine rings is 1. The van der Waals surface area contributed by atoms with Crippen molar-refractivity contribution in [3.63, 3.8) is 0 Å². The Morgan fingerprint density at radius 1 is 1.09 bits per heavy atom. The minimum atomic E-state index is -0.877. The van der Waals surface area contributed by atoms with E-state index in [1.54, 1.807) is 12.4 Å². The molecule has 0 fully saturated rings. The molecule has 0 aliphatic carbocycles. The second-order valence-corrected chi connectivity index (χ2v) is 9.04. The van der Waals surface area contributed by atoms with Crippen LogP contribution >= 0.6 is 11.3 Å². The van der Waals surface area contributed by atoms with E-state index >= 15 is 0 Å². The van der Waals surface area contributed by atoms with E-state index in [0.717, 1.165) is 22.5 Å². The van der Waals surface area contributed by atoms with Crippen molar-refractivity contribution in [1.29, 1.82) is 0 Å². The van der Waals surface area contributed by atoms with Crippen molar-refractivity contribution >= 4 is 16.5 Å². The van der Waals surface area contributed by atoms with Gasteiger partial charge in [0.25, 0.3) is 0 Å². The SMILES string of the molecule is CC(OC(C)(C)c1csc(N[C@H](O)c2cccn2Cc2ccncc2)n1)c1ccccc1. The Morgan fingerprint density at radius 2 is 1.84 bits per heavy atom. The molecule has 0 saturated heterocycles. The largest absolute Gasteiger partial charge is 0.368 e. The molecule has 7 heteroatoms. The topological polar surface area (TPSA) is 72.2 Å². The van der Waals surface area contributed by atoms with E-state index in [1.165, 1.54) is 11.3 Å². The maximum atomic E-state index is 10.8. The number of aliphatic hydroxyl groups excluding tert-OH is 1. The predicted octanol–water partition coefficient (Wildman–Crippen LogP) is 5.50. The quantitative estimate of drug-likeness (QED) is 0.331. The highest BCUT2D eigenvalue weighted by atomic mass is 32.1. The summed E-state index contributed by atoms with van der Waals surface area (Å²) in [5.41, 5.74) is 3.27. The van der Waals surface area contributed by atoms with Gasteiger partial charge in [-0.1, -0.05) is 30.3 Å². The van der Waals surface area contributed by atoms with Crippen LogP contribution in [0, 0.1) is 0 Å². The lowest BCUT2D eigenvalue weighted by molar-refractivity contribution is -0.0724. The van der Waals surface area contributed by atoms with Gasteiger partial charge in [0.2, 0.25) is 0 Å². The highest BCUT2D eigenvalue weighted by Crippen LogP contribution is 2.34. The molecule has 32 heavy (non-hydrogen) atoms. The van der Waals surface area contributed by atoms with Gasteiger partial charge in [0, 0.05) is 30.5 Å². The lowest BCUT2D eigenvalue weighted by atomic mass is 10.0. The number of nitrogens with one attached hydrogen (secondary N) is 1. The first-order valence-electron chi connectivity index (χ1n) is 10.6. The minimum Gasteiger partial charge on any atom is -0.368 e. The van der Waals surface area contributed by atoms with Gasteiger partial charge in [0.1, 0.15) is 5.60 Å². The van der Waals surface area contributed by atoms with Gasteiger partial charge >= 0.3 is 0 Å². The molecule has 4 aromatic rings. The van der Waals surface area contributed by atoms with Crippen molar-refractivity contribution in [2.45, 2.75) is 45.2 Å². The summed E-state index contributed by atoms with van der Waals surface area (Å²) in [7, 11) is 0. The van der Waals surface area contributed by atoms with Crippen molar-refractivity contribution in [3.8, 4) is 0 Å². The molecular formula is C25H28N4O2S. The third-order valence-electron chi connectivity index (χ3n) is 5.37. The summed E-state index contributed by atoms with van der Waals surface area (Å²) >= 11 is 1.46. The van der Waals surface area contributed by atoms with Crippen LogP contribution in [-0.4, -0.2) is 19.6 Å². The Labute approximate surface area is 192 Å². The van der Waals surface area contributed by atoms with E-state index in [-0.39, 0.29) is 6.10 Å². The fourth-order valence-corrected chi connectivity index (χ4v) is 4.50. The number of aliphatic hydroxyl groups is 1. The van der Waals surface area contributed by atoms with Gasteiger partial charge in [0.15, 0.2) is 11.4 Å². The Kier molecular flexibility index (Phi) is 6.69. The number of aromatic nitrogens is 3. The van der Waals surface area contributed by atoms with E-state index in [4.69, 9.17) is 9.72 Å². The van der Waals surface area contributed by atoms with Crippen molar-refractivity contribution in [2.24, 2.45) is 0 Å². The Bertz CT molecular complexity index is 1130. The lowest BCUT2D eigenvalue weighted by Gasteiger charge is -2.28. The number of hydrogen-bond donors (Lipinski definition) is 2. The maximum absolute atomic E-state index is 10.8. The first-order chi connectivity index (χ1) is 15.4. The molecule has 2 N–H and O–H groups in total. The Hall–Kier alpha value is -3.00. The molecule has 2 atom stereocenters. The van der Waals surface area contributed by atoms with Crippen LogP contribution in [0.3, 0.4) is 0 Å². The smallest absolute Gasteiger partial charge is 0.185 e.